The number of carbonyl (C=O) groups excluding carboxylic acids is 1. The average Bonchev–Trinajstić information content (AvgIpc) is 2.70. The summed E-state index contributed by atoms with van der Waals surface area (Å²) in [5, 5.41) is 6.17. The molecule has 2 unspecified atom stereocenters. The highest BCUT2D eigenvalue weighted by atomic mass is 16.5. The third kappa shape index (κ3) is 3.04. The molecular weight excluding hydrogens is 242 g/mol. The number of ether oxygens (including phenoxy) is 1. The first-order valence-electron chi connectivity index (χ1n) is 6.69. The van der Waals surface area contributed by atoms with Gasteiger partial charge in [0.05, 0.1) is 23.5 Å². The lowest BCUT2D eigenvalue weighted by Crippen LogP contribution is -2.50. The number of nitrogens with zero attached hydrogens (tertiary/aromatic N) is 1. The van der Waals surface area contributed by atoms with Gasteiger partial charge in [-0.25, -0.2) is 4.98 Å². The van der Waals surface area contributed by atoms with Gasteiger partial charge in [-0.05, 0) is 39.3 Å². The van der Waals surface area contributed by atoms with E-state index in [2.05, 4.69) is 15.6 Å². The van der Waals surface area contributed by atoms with Crippen LogP contribution in [-0.4, -0.2) is 35.7 Å². The van der Waals surface area contributed by atoms with Crippen LogP contribution in [0.4, 0.5) is 5.69 Å². The Morgan fingerprint density at radius 3 is 2.89 bits per heavy atom. The molecule has 1 saturated heterocycles. The first-order valence-corrected chi connectivity index (χ1v) is 6.69. The molecular formula is C14H21N3O2. The first-order chi connectivity index (χ1) is 9.05. The fraction of sp³-hybridized carbons (Fsp3) is 0.571. The molecule has 2 heterocycles. The third-order valence-corrected chi connectivity index (χ3v) is 3.66. The SMILES string of the molecule is CCNc1ccc(C(=O)NC2(C)CCOC2C)nc1. The van der Waals surface area contributed by atoms with Gasteiger partial charge < -0.3 is 15.4 Å². The molecule has 2 rings (SSSR count). The molecule has 0 aromatic carbocycles. The van der Waals surface area contributed by atoms with Gasteiger partial charge in [-0.1, -0.05) is 0 Å². The van der Waals surface area contributed by atoms with Crippen molar-refractivity contribution in [2.45, 2.75) is 38.8 Å². The molecule has 5 heteroatoms. The van der Waals surface area contributed by atoms with E-state index in [1.807, 2.05) is 26.8 Å². The fourth-order valence-corrected chi connectivity index (χ4v) is 2.16. The molecule has 1 aliphatic rings. The molecule has 1 aromatic heterocycles. The number of anilines is 1. The standard InChI is InChI=1S/C14H21N3O2/c1-4-15-11-5-6-12(16-9-11)13(18)17-14(3)7-8-19-10(14)2/h5-6,9-10,15H,4,7-8H2,1-3H3,(H,17,18). The Kier molecular flexibility index (Phi) is 4.04. The molecule has 0 aliphatic carbocycles. The summed E-state index contributed by atoms with van der Waals surface area (Å²) < 4.78 is 5.51. The van der Waals surface area contributed by atoms with Crippen LogP contribution in [0.2, 0.25) is 0 Å². The number of nitrogens with one attached hydrogen (secondary N) is 2. The lowest BCUT2D eigenvalue weighted by atomic mass is 9.94. The highest BCUT2D eigenvalue weighted by molar-refractivity contribution is 5.93. The number of amides is 1. The first kappa shape index (κ1) is 13.8. The Balaban J connectivity index is 2.03. The van der Waals surface area contributed by atoms with Gasteiger partial charge in [0.2, 0.25) is 0 Å². The van der Waals surface area contributed by atoms with Crippen molar-refractivity contribution in [2.24, 2.45) is 0 Å². The predicted molar refractivity (Wildman–Crippen MR) is 74.3 cm³/mol. The predicted octanol–water partition coefficient (Wildman–Crippen LogP) is 1.81. The topological polar surface area (TPSA) is 63.2 Å². The number of carbonyl (C=O) groups is 1. The van der Waals surface area contributed by atoms with E-state index in [1.165, 1.54) is 0 Å². The zero-order valence-corrected chi connectivity index (χ0v) is 11.7. The summed E-state index contributed by atoms with van der Waals surface area (Å²) in [6, 6.07) is 3.60. The quantitative estimate of drug-likeness (QED) is 0.869. The van der Waals surface area contributed by atoms with E-state index in [0.717, 1.165) is 18.7 Å². The van der Waals surface area contributed by atoms with Crippen LogP contribution in [0.3, 0.4) is 0 Å². The highest BCUT2D eigenvalue weighted by Crippen LogP contribution is 2.25. The highest BCUT2D eigenvalue weighted by Gasteiger charge is 2.38. The van der Waals surface area contributed by atoms with Gasteiger partial charge in [-0.3, -0.25) is 4.79 Å². The van der Waals surface area contributed by atoms with E-state index in [9.17, 15) is 4.79 Å². The summed E-state index contributed by atoms with van der Waals surface area (Å²) in [4.78, 5) is 16.4. The molecule has 1 amide bonds. The lowest BCUT2D eigenvalue weighted by molar-refractivity contribution is 0.0724. The Bertz CT molecular complexity index is 447. The zero-order valence-electron chi connectivity index (χ0n) is 11.7. The van der Waals surface area contributed by atoms with Gasteiger partial charge in [0.25, 0.3) is 5.91 Å². The minimum atomic E-state index is -0.306. The largest absolute Gasteiger partial charge is 0.384 e. The molecule has 2 atom stereocenters. The van der Waals surface area contributed by atoms with E-state index in [0.29, 0.717) is 12.3 Å². The van der Waals surface area contributed by atoms with Crippen LogP contribution in [-0.2, 0) is 4.74 Å². The van der Waals surface area contributed by atoms with Crippen molar-refractivity contribution in [1.82, 2.24) is 10.3 Å². The summed E-state index contributed by atoms with van der Waals surface area (Å²) in [6.07, 6.45) is 2.53. The molecule has 19 heavy (non-hydrogen) atoms. The fourth-order valence-electron chi connectivity index (χ4n) is 2.16. The molecule has 0 saturated carbocycles. The van der Waals surface area contributed by atoms with E-state index in [1.54, 1.807) is 12.3 Å². The molecule has 1 aliphatic heterocycles. The van der Waals surface area contributed by atoms with Gasteiger partial charge >= 0.3 is 0 Å². The third-order valence-electron chi connectivity index (χ3n) is 3.66. The van der Waals surface area contributed by atoms with E-state index in [-0.39, 0.29) is 17.6 Å². The van der Waals surface area contributed by atoms with Crippen molar-refractivity contribution in [3.63, 3.8) is 0 Å². The molecule has 1 fully saturated rings. The number of rotatable bonds is 4. The molecule has 0 spiro atoms. The van der Waals surface area contributed by atoms with Crippen LogP contribution in [0.1, 0.15) is 37.7 Å². The summed E-state index contributed by atoms with van der Waals surface area (Å²) >= 11 is 0. The van der Waals surface area contributed by atoms with Gasteiger partial charge in [0, 0.05) is 13.2 Å². The lowest BCUT2D eigenvalue weighted by Gasteiger charge is -2.28. The molecule has 5 nitrogen and oxygen atoms in total. The maximum Gasteiger partial charge on any atom is 0.270 e. The van der Waals surface area contributed by atoms with Crippen LogP contribution < -0.4 is 10.6 Å². The zero-order chi connectivity index (χ0) is 13.9. The Morgan fingerprint density at radius 2 is 2.37 bits per heavy atom. The van der Waals surface area contributed by atoms with Gasteiger partial charge in [-0.15, -0.1) is 0 Å². The Morgan fingerprint density at radius 1 is 1.58 bits per heavy atom. The van der Waals surface area contributed by atoms with Gasteiger partial charge in [0.15, 0.2) is 0 Å². The van der Waals surface area contributed by atoms with Crippen molar-refractivity contribution in [2.75, 3.05) is 18.5 Å². The summed E-state index contributed by atoms with van der Waals surface area (Å²) in [6.45, 7) is 7.53. The molecule has 104 valence electrons. The molecule has 2 N–H and O–H groups in total. The second kappa shape index (κ2) is 5.57. The monoisotopic (exact) mass is 263 g/mol. The van der Waals surface area contributed by atoms with Crippen molar-refractivity contribution in [1.29, 1.82) is 0 Å². The number of pyridine rings is 1. The van der Waals surface area contributed by atoms with Crippen molar-refractivity contribution in [3.05, 3.63) is 24.0 Å². The smallest absolute Gasteiger partial charge is 0.270 e. The van der Waals surface area contributed by atoms with Crippen LogP contribution >= 0.6 is 0 Å². The summed E-state index contributed by atoms with van der Waals surface area (Å²) in [5.74, 6) is -0.150. The summed E-state index contributed by atoms with van der Waals surface area (Å²) in [5.41, 5.74) is 1.05. The van der Waals surface area contributed by atoms with Crippen molar-refractivity contribution in [3.8, 4) is 0 Å². The summed E-state index contributed by atoms with van der Waals surface area (Å²) in [7, 11) is 0. The number of hydrogen-bond donors (Lipinski definition) is 2. The van der Waals surface area contributed by atoms with Gasteiger partial charge in [0.1, 0.15) is 5.69 Å². The maximum atomic E-state index is 12.2. The minimum absolute atomic E-state index is 0.0254. The molecule has 0 bridgehead atoms. The van der Waals surface area contributed by atoms with E-state index < -0.39 is 0 Å². The van der Waals surface area contributed by atoms with Crippen LogP contribution in [0.5, 0.6) is 0 Å². The van der Waals surface area contributed by atoms with Crippen molar-refractivity contribution < 1.29 is 9.53 Å². The van der Waals surface area contributed by atoms with Crippen LogP contribution in [0.25, 0.3) is 0 Å². The second-order valence-corrected chi connectivity index (χ2v) is 5.10. The second-order valence-electron chi connectivity index (χ2n) is 5.10. The Labute approximate surface area is 113 Å². The van der Waals surface area contributed by atoms with E-state index in [4.69, 9.17) is 4.74 Å². The Hall–Kier alpha value is -1.62. The van der Waals surface area contributed by atoms with E-state index >= 15 is 0 Å². The maximum absolute atomic E-state index is 12.2. The molecule has 1 aromatic rings. The average molecular weight is 263 g/mol. The van der Waals surface area contributed by atoms with Crippen molar-refractivity contribution >= 4 is 11.6 Å². The van der Waals surface area contributed by atoms with Gasteiger partial charge in [-0.2, -0.15) is 0 Å². The minimum Gasteiger partial charge on any atom is -0.384 e. The number of aromatic nitrogens is 1. The number of hydrogen-bond acceptors (Lipinski definition) is 4. The molecule has 0 radical (unpaired) electrons. The van der Waals surface area contributed by atoms with Crippen LogP contribution in [0.15, 0.2) is 18.3 Å². The van der Waals surface area contributed by atoms with Crippen LogP contribution in [0, 0.1) is 0 Å². The normalized spacial score (nSPS) is 26.2.